The second-order valence-corrected chi connectivity index (χ2v) is 1.90. The first-order valence-corrected chi connectivity index (χ1v) is 2.70. The molecule has 9 heavy (non-hydrogen) atoms. The van der Waals surface area contributed by atoms with E-state index in [0.717, 1.165) is 0 Å². The fourth-order valence-electron chi connectivity index (χ4n) is 0.658. The van der Waals surface area contributed by atoms with Gasteiger partial charge in [0.15, 0.2) is 0 Å². The van der Waals surface area contributed by atoms with Gasteiger partial charge in [-0.1, -0.05) is 5.21 Å². The molecule has 1 aromatic rings. The number of aryl methyl sites for hydroxylation is 1. The lowest BCUT2D eigenvalue weighted by Gasteiger charge is -1.97. The van der Waals surface area contributed by atoms with E-state index in [1.165, 1.54) is 17.8 Å². The predicted octanol–water partition coefficient (Wildman–Crippen LogP) is 0.846. The lowest BCUT2D eigenvalue weighted by Crippen LogP contribution is -1.98. The Bertz CT molecular complexity index is 194. The van der Waals surface area contributed by atoms with Crippen molar-refractivity contribution in [2.24, 2.45) is 7.05 Å². The van der Waals surface area contributed by atoms with E-state index in [1.54, 1.807) is 7.05 Å². The average Bonchev–Trinajstić information content (AvgIpc) is 2.13. The third-order valence-electron chi connectivity index (χ3n) is 1.16. The molecule has 0 aliphatic rings. The molecular formula is C5H8FN3. The van der Waals surface area contributed by atoms with Crippen molar-refractivity contribution in [2.45, 2.75) is 13.1 Å². The number of rotatable bonds is 1. The molecule has 0 saturated heterocycles. The van der Waals surface area contributed by atoms with Crippen LogP contribution in [0.5, 0.6) is 0 Å². The summed E-state index contributed by atoms with van der Waals surface area (Å²) in [7, 11) is 1.67. The Morgan fingerprint density at radius 2 is 2.44 bits per heavy atom. The van der Waals surface area contributed by atoms with Gasteiger partial charge in [0.05, 0.1) is 11.9 Å². The summed E-state index contributed by atoms with van der Waals surface area (Å²) in [6.45, 7) is 1.46. The van der Waals surface area contributed by atoms with Crippen LogP contribution >= 0.6 is 0 Å². The fraction of sp³-hybridized carbons (Fsp3) is 0.600. The van der Waals surface area contributed by atoms with Crippen LogP contribution in [-0.4, -0.2) is 15.0 Å². The zero-order valence-electron chi connectivity index (χ0n) is 5.37. The first kappa shape index (κ1) is 6.19. The van der Waals surface area contributed by atoms with Gasteiger partial charge in [-0.2, -0.15) is 0 Å². The maximum absolute atomic E-state index is 12.4. The summed E-state index contributed by atoms with van der Waals surface area (Å²) >= 11 is 0. The Kier molecular flexibility index (Phi) is 1.46. The molecule has 1 atom stereocenters. The topological polar surface area (TPSA) is 30.7 Å². The van der Waals surface area contributed by atoms with Crippen molar-refractivity contribution in [2.75, 3.05) is 0 Å². The van der Waals surface area contributed by atoms with E-state index in [1.807, 2.05) is 0 Å². The summed E-state index contributed by atoms with van der Waals surface area (Å²) in [6, 6.07) is 0. The molecule has 1 aromatic heterocycles. The summed E-state index contributed by atoms with van der Waals surface area (Å²) in [5.41, 5.74) is 0.509. The predicted molar refractivity (Wildman–Crippen MR) is 30.5 cm³/mol. The van der Waals surface area contributed by atoms with Crippen molar-refractivity contribution < 1.29 is 4.39 Å². The van der Waals surface area contributed by atoms with Crippen LogP contribution in [-0.2, 0) is 7.05 Å². The van der Waals surface area contributed by atoms with E-state index in [0.29, 0.717) is 5.69 Å². The highest BCUT2D eigenvalue weighted by molar-refractivity contribution is 4.96. The van der Waals surface area contributed by atoms with Crippen LogP contribution in [0.15, 0.2) is 6.20 Å². The zero-order chi connectivity index (χ0) is 6.85. The molecule has 50 valence electrons. The Hall–Kier alpha value is -0.930. The Balaban J connectivity index is 2.94. The van der Waals surface area contributed by atoms with Gasteiger partial charge < -0.3 is 0 Å². The molecule has 0 amide bonds. The van der Waals surface area contributed by atoms with Crippen LogP contribution in [0.4, 0.5) is 4.39 Å². The molecule has 0 aliphatic heterocycles. The lowest BCUT2D eigenvalue weighted by atomic mass is 10.3. The molecule has 1 heterocycles. The average molecular weight is 129 g/mol. The number of halogens is 1. The van der Waals surface area contributed by atoms with Gasteiger partial charge in [0.1, 0.15) is 6.17 Å². The van der Waals surface area contributed by atoms with Crippen LogP contribution in [0.25, 0.3) is 0 Å². The number of alkyl halides is 1. The third kappa shape index (κ3) is 1.06. The van der Waals surface area contributed by atoms with Crippen molar-refractivity contribution in [1.82, 2.24) is 15.0 Å². The quantitative estimate of drug-likeness (QED) is 0.562. The van der Waals surface area contributed by atoms with E-state index in [9.17, 15) is 4.39 Å². The van der Waals surface area contributed by atoms with Crippen molar-refractivity contribution in [3.8, 4) is 0 Å². The Morgan fingerprint density at radius 1 is 1.78 bits per heavy atom. The van der Waals surface area contributed by atoms with Crippen LogP contribution in [0.1, 0.15) is 18.8 Å². The van der Waals surface area contributed by atoms with E-state index in [4.69, 9.17) is 0 Å². The molecule has 1 unspecified atom stereocenters. The fourth-order valence-corrected chi connectivity index (χ4v) is 0.658. The molecule has 3 nitrogen and oxygen atoms in total. The maximum Gasteiger partial charge on any atom is 0.140 e. The zero-order valence-corrected chi connectivity index (χ0v) is 5.37. The van der Waals surface area contributed by atoms with Gasteiger partial charge in [0.2, 0.25) is 0 Å². The molecule has 0 fully saturated rings. The van der Waals surface area contributed by atoms with E-state index in [-0.39, 0.29) is 0 Å². The number of hydrogen-bond acceptors (Lipinski definition) is 2. The summed E-state index contributed by atoms with van der Waals surface area (Å²) in [5, 5.41) is 7.08. The van der Waals surface area contributed by atoms with Crippen molar-refractivity contribution in [3.63, 3.8) is 0 Å². The van der Waals surface area contributed by atoms with E-state index >= 15 is 0 Å². The Labute approximate surface area is 52.5 Å². The summed E-state index contributed by atoms with van der Waals surface area (Å²) < 4.78 is 13.8. The molecule has 4 heteroatoms. The molecule has 1 rings (SSSR count). The first-order valence-electron chi connectivity index (χ1n) is 2.70. The highest BCUT2D eigenvalue weighted by Gasteiger charge is 2.06. The molecule has 0 bridgehead atoms. The summed E-state index contributed by atoms with van der Waals surface area (Å²) in [5.74, 6) is 0. The van der Waals surface area contributed by atoms with Crippen LogP contribution in [0.2, 0.25) is 0 Å². The van der Waals surface area contributed by atoms with Crippen molar-refractivity contribution in [3.05, 3.63) is 11.9 Å². The maximum atomic E-state index is 12.4. The van der Waals surface area contributed by atoms with E-state index < -0.39 is 6.17 Å². The second kappa shape index (κ2) is 2.13. The normalized spacial score (nSPS) is 13.7. The molecule has 0 saturated carbocycles. The van der Waals surface area contributed by atoms with Crippen LogP contribution in [0.3, 0.4) is 0 Å². The minimum Gasteiger partial charge on any atom is -0.249 e. The minimum atomic E-state index is -0.981. The molecule has 0 aromatic carbocycles. The van der Waals surface area contributed by atoms with E-state index in [2.05, 4.69) is 10.3 Å². The third-order valence-corrected chi connectivity index (χ3v) is 1.16. The van der Waals surface area contributed by atoms with Gasteiger partial charge in [0, 0.05) is 7.05 Å². The Morgan fingerprint density at radius 3 is 2.67 bits per heavy atom. The standard InChI is InChI=1S/C5H8FN3/c1-4(6)5-3-7-8-9(5)2/h3-4H,1-2H3. The van der Waals surface area contributed by atoms with Gasteiger partial charge in [-0.15, -0.1) is 5.10 Å². The van der Waals surface area contributed by atoms with Crippen molar-refractivity contribution in [1.29, 1.82) is 0 Å². The molecular weight excluding hydrogens is 121 g/mol. The minimum absolute atomic E-state index is 0.509. The largest absolute Gasteiger partial charge is 0.249 e. The van der Waals surface area contributed by atoms with Crippen LogP contribution in [0, 0.1) is 0 Å². The second-order valence-electron chi connectivity index (χ2n) is 1.90. The summed E-state index contributed by atoms with van der Waals surface area (Å²) in [6.07, 6.45) is 0.440. The SMILES string of the molecule is CC(F)c1cnnn1C. The summed E-state index contributed by atoms with van der Waals surface area (Å²) in [4.78, 5) is 0. The lowest BCUT2D eigenvalue weighted by molar-refractivity contribution is 0.353. The molecule has 0 spiro atoms. The molecule has 0 aliphatic carbocycles. The van der Waals surface area contributed by atoms with Crippen molar-refractivity contribution >= 4 is 0 Å². The van der Waals surface area contributed by atoms with Crippen LogP contribution < -0.4 is 0 Å². The molecule has 0 radical (unpaired) electrons. The van der Waals surface area contributed by atoms with Gasteiger partial charge in [-0.05, 0) is 6.92 Å². The smallest absolute Gasteiger partial charge is 0.140 e. The first-order chi connectivity index (χ1) is 4.22. The monoisotopic (exact) mass is 129 g/mol. The number of nitrogens with zero attached hydrogens (tertiary/aromatic N) is 3. The van der Waals surface area contributed by atoms with Gasteiger partial charge in [0.25, 0.3) is 0 Å². The number of aromatic nitrogens is 3. The van der Waals surface area contributed by atoms with Gasteiger partial charge in [-0.25, -0.2) is 9.07 Å². The van der Waals surface area contributed by atoms with Gasteiger partial charge >= 0.3 is 0 Å². The van der Waals surface area contributed by atoms with Gasteiger partial charge in [-0.3, -0.25) is 0 Å². The number of hydrogen-bond donors (Lipinski definition) is 0. The molecule has 0 N–H and O–H groups in total. The highest BCUT2D eigenvalue weighted by atomic mass is 19.1. The highest BCUT2D eigenvalue weighted by Crippen LogP contribution is 2.12.